The average molecular weight is 232 g/mol. The third-order valence-corrected chi connectivity index (χ3v) is 2.46. The summed E-state index contributed by atoms with van der Waals surface area (Å²) in [5.41, 5.74) is 7.65. The van der Waals surface area contributed by atoms with Crippen molar-refractivity contribution in [2.45, 2.75) is 26.5 Å². The first-order chi connectivity index (χ1) is 8.16. The smallest absolute Gasteiger partial charge is 0.134 e. The van der Waals surface area contributed by atoms with Crippen LogP contribution in [-0.2, 0) is 6.61 Å². The number of ether oxygens (including phenoxy) is 1. The summed E-state index contributed by atoms with van der Waals surface area (Å²) >= 11 is 0. The minimum absolute atomic E-state index is 0.0507. The molecule has 90 valence electrons. The van der Waals surface area contributed by atoms with Crippen molar-refractivity contribution in [3.8, 4) is 5.75 Å². The Morgan fingerprint density at radius 2 is 2.18 bits per heavy atom. The summed E-state index contributed by atoms with van der Waals surface area (Å²) in [5.74, 6) is 1.58. The normalized spacial score (nSPS) is 12.4. The highest BCUT2D eigenvalue weighted by Crippen LogP contribution is 2.23. The molecule has 0 aliphatic carbocycles. The lowest BCUT2D eigenvalue weighted by atomic mass is 10.1. The molecule has 1 atom stereocenters. The van der Waals surface area contributed by atoms with Crippen molar-refractivity contribution in [1.29, 1.82) is 0 Å². The largest absolute Gasteiger partial charge is 0.487 e. The van der Waals surface area contributed by atoms with E-state index in [2.05, 4.69) is 5.16 Å². The van der Waals surface area contributed by atoms with Gasteiger partial charge in [-0.2, -0.15) is 0 Å². The second-order valence-electron chi connectivity index (χ2n) is 4.04. The molecule has 0 bridgehead atoms. The second kappa shape index (κ2) is 5.01. The average Bonchev–Trinajstić information content (AvgIpc) is 2.73. The molecule has 2 N–H and O–H groups in total. The number of rotatable bonds is 4. The molecule has 1 aromatic carbocycles. The molecular formula is C13H16N2O2. The van der Waals surface area contributed by atoms with Crippen LogP contribution >= 0.6 is 0 Å². The predicted octanol–water partition coefficient (Wildman–Crippen LogP) is 2.58. The van der Waals surface area contributed by atoms with Crippen LogP contribution in [0.25, 0.3) is 0 Å². The van der Waals surface area contributed by atoms with E-state index in [1.54, 1.807) is 0 Å². The molecule has 0 radical (unpaired) electrons. The predicted molar refractivity (Wildman–Crippen MR) is 64.6 cm³/mol. The van der Waals surface area contributed by atoms with Crippen molar-refractivity contribution >= 4 is 0 Å². The summed E-state index contributed by atoms with van der Waals surface area (Å²) in [6, 6.07) is 9.56. The molecule has 0 fully saturated rings. The van der Waals surface area contributed by atoms with E-state index in [1.165, 1.54) is 0 Å². The van der Waals surface area contributed by atoms with Gasteiger partial charge in [-0.15, -0.1) is 0 Å². The van der Waals surface area contributed by atoms with Crippen molar-refractivity contribution in [2.75, 3.05) is 0 Å². The first-order valence-electron chi connectivity index (χ1n) is 5.56. The van der Waals surface area contributed by atoms with Gasteiger partial charge in [-0.3, -0.25) is 0 Å². The van der Waals surface area contributed by atoms with E-state index in [-0.39, 0.29) is 6.04 Å². The summed E-state index contributed by atoms with van der Waals surface area (Å²) < 4.78 is 10.7. The topological polar surface area (TPSA) is 61.3 Å². The number of aromatic nitrogens is 1. The van der Waals surface area contributed by atoms with Crippen molar-refractivity contribution < 1.29 is 9.26 Å². The van der Waals surface area contributed by atoms with Crippen molar-refractivity contribution in [3.63, 3.8) is 0 Å². The highest BCUT2D eigenvalue weighted by atomic mass is 16.5. The van der Waals surface area contributed by atoms with Crippen LogP contribution in [0.2, 0.25) is 0 Å². The number of nitrogens with two attached hydrogens (primary N) is 1. The SMILES string of the molecule is Cc1cc(COc2ccccc2[C@H](C)N)no1. The Morgan fingerprint density at radius 1 is 1.41 bits per heavy atom. The Kier molecular flexibility index (Phi) is 3.44. The van der Waals surface area contributed by atoms with Crippen molar-refractivity contribution in [1.82, 2.24) is 5.16 Å². The van der Waals surface area contributed by atoms with Crippen LogP contribution in [0, 0.1) is 6.92 Å². The number of hydrogen-bond donors (Lipinski definition) is 1. The molecular weight excluding hydrogens is 216 g/mol. The molecule has 0 unspecified atom stereocenters. The van der Waals surface area contributed by atoms with Gasteiger partial charge < -0.3 is 15.0 Å². The summed E-state index contributed by atoms with van der Waals surface area (Å²) in [7, 11) is 0. The zero-order chi connectivity index (χ0) is 12.3. The van der Waals surface area contributed by atoms with Gasteiger partial charge in [0.15, 0.2) is 0 Å². The van der Waals surface area contributed by atoms with Gasteiger partial charge in [-0.25, -0.2) is 0 Å². The van der Waals surface area contributed by atoms with Crippen molar-refractivity contribution in [2.24, 2.45) is 5.73 Å². The first-order valence-corrected chi connectivity index (χ1v) is 5.56. The van der Waals surface area contributed by atoms with E-state index in [4.69, 9.17) is 15.0 Å². The molecule has 0 saturated carbocycles. The molecule has 2 rings (SSSR count). The van der Waals surface area contributed by atoms with E-state index in [0.717, 1.165) is 22.8 Å². The van der Waals surface area contributed by atoms with E-state index < -0.39 is 0 Å². The molecule has 0 amide bonds. The van der Waals surface area contributed by atoms with Crippen LogP contribution in [0.1, 0.15) is 30.0 Å². The maximum absolute atomic E-state index is 5.87. The third-order valence-electron chi connectivity index (χ3n) is 2.46. The van der Waals surface area contributed by atoms with Crippen molar-refractivity contribution in [3.05, 3.63) is 47.3 Å². The quantitative estimate of drug-likeness (QED) is 0.880. The Hall–Kier alpha value is -1.81. The lowest BCUT2D eigenvalue weighted by molar-refractivity contribution is 0.284. The molecule has 4 heteroatoms. The van der Waals surface area contributed by atoms with Gasteiger partial charge >= 0.3 is 0 Å². The second-order valence-corrected chi connectivity index (χ2v) is 4.04. The first kappa shape index (κ1) is 11.7. The summed E-state index contributed by atoms with van der Waals surface area (Å²) in [4.78, 5) is 0. The Morgan fingerprint density at radius 3 is 2.82 bits per heavy atom. The van der Waals surface area contributed by atoms with Crippen LogP contribution in [0.3, 0.4) is 0 Å². The van der Waals surface area contributed by atoms with Crippen LogP contribution in [0.15, 0.2) is 34.9 Å². The fourth-order valence-electron chi connectivity index (χ4n) is 1.63. The minimum atomic E-state index is -0.0507. The lowest BCUT2D eigenvalue weighted by Gasteiger charge is -2.12. The Bertz CT molecular complexity index is 492. The maximum atomic E-state index is 5.87. The van der Waals surface area contributed by atoms with Gasteiger partial charge in [0.1, 0.15) is 23.8 Å². The van der Waals surface area contributed by atoms with Crippen LogP contribution in [0.4, 0.5) is 0 Å². The molecule has 1 heterocycles. The van der Waals surface area contributed by atoms with Crippen LogP contribution in [0.5, 0.6) is 5.75 Å². The van der Waals surface area contributed by atoms with Gasteiger partial charge in [-0.1, -0.05) is 23.4 Å². The summed E-state index contributed by atoms with van der Waals surface area (Å²) in [5, 5.41) is 3.87. The molecule has 0 aliphatic rings. The lowest BCUT2D eigenvalue weighted by Crippen LogP contribution is -2.08. The molecule has 0 aliphatic heterocycles. The van der Waals surface area contributed by atoms with Gasteiger partial charge in [0.2, 0.25) is 0 Å². The van der Waals surface area contributed by atoms with Gasteiger partial charge in [0, 0.05) is 17.7 Å². The highest BCUT2D eigenvalue weighted by molar-refractivity contribution is 5.35. The van der Waals surface area contributed by atoms with Crippen LogP contribution in [-0.4, -0.2) is 5.16 Å². The van der Waals surface area contributed by atoms with E-state index in [9.17, 15) is 0 Å². The molecule has 17 heavy (non-hydrogen) atoms. The van der Waals surface area contributed by atoms with E-state index >= 15 is 0 Å². The third kappa shape index (κ3) is 2.85. The summed E-state index contributed by atoms with van der Waals surface area (Å²) in [6.45, 7) is 4.18. The highest BCUT2D eigenvalue weighted by Gasteiger charge is 2.08. The molecule has 0 saturated heterocycles. The standard InChI is InChI=1S/C13H16N2O2/c1-9-7-11(15-17-9)8-16-13-6-4-3-5-12(13)10(2)14/h3-7,10H,8,14H2,1-2H3/t10-/m0/s1. The Balaban J connectivity index is 2.08. The summed E-state index contributed by atoms with van der Waals surface area (Å²) in [6.07, 6.45) is 0. The molecule has 4 nitrogen and oxygen atoms in total. The van der Waals surface area contributed by atoms with E-state index in [1.807, 2.05) is 44.2 Å². The fourth-order valence-corrected chi connectivity index (χ4v) is 1.63. The van der Waals surface area contributed by atoms with Gasteiger partial charge in [0.05, 0.1) is 0 Å². The monoisotopic (exact) mass is 232 g/mol. The number of para-hydroxylation sites is 1. The molecule has 2 aromatic rings. The zero-order valence-electron chi connectivity index (χ0n) is 10.0. The Labute approximate surface area is 100 Å². The van der Waals surface area contributed by atoms with Gasteiger partial charge in [0.25, 0.3) is 0 Å². The maximum Gasteiger partial charge on any atom is 0.134 e. The number of hydrogen-bond acceptors (Lipinski definition) is 4. The van der Waals surface area contributed by atoms with E-state index in [0.29, 0.717) is 6.61 Å². The zero-order valence-corrected chi connectivity index (χ0v) is 10.0. The number of nitrogens with zero attached hydrogens (tertiary/aromatic N) is 1. The number of aryl methyl sites for hydroxylation is 1. The number of benzene rings is 1. The van der Waals surface area contributed by atoms with Crippen LogP contribution < -0.4 is 10.5 Å². The fraction of sp³-hybridized carbons (Fsp3) is 0.308. The minimum Gasteiger partial charge on any atom is -0.487 e. The molecule has 1 aromatic heterocycles. The molecule has 0 spiro atoms. The van der Waals surface area contributed by atoms with Gasteiger partial charge in [-0.05, 0) is 19.9 Å².